The largest absolute Gasteiger partial charge is 0.449 e. The first kappa shape index (κ1) is 20.0. The summed E-state index contributed by atoms with van der Waals surface area (Å²) in [5.41, 5.74) is 0.545. The Balaban J connectivity index is 2.05. The Morgan fingerprint density at radius 1 is 1.04 bits per heavy atom. The molecule has 1 N–H and O–H groups in total. The van der Waals surface area contributed by atoms with Crippen LogP contribution in [-0.2, 0) is 9.53 Å². The number of ether oxygens (including phenoxy) is 2. The summed E-state index contributed by atoms with van der Waals surface area (Å²) >= 11 is 0. The lowest BCUT2D eigenvalue weighted by Crippen LogP contribution is -2.30. The molecule has 142 valence electrons. The number of amides is 1. The Labute approximate surface area is 154 Å². The van der Waals surface area contributed by atoms with Crippen LogP contribution in [0, 0.1) is 0 Å². The summed E-state index contributed by atoms with van der Waals surface area (Å²) in [6, 6.07) is 11.6. The van der Waals surface area contributed by atoms with E-state index in [0.717, 1.165) is 0 Å². The molecule has 0 aliphatic carbocycles. The van der Waals surface area contributed by atoms with Crippen LogP contribution in [0.1, 0.15) is 34.6 Å². The number of halogens is 2. The summed E-state index contributed by atoms with van der Waals surface area (Å²) in [6.07, 6.45) is -1.21. The van der Waals surface area contributed by atoms with Crippen LogP contribution in [0.15, 0.2) is 48.5 Å². The first-order valence-electron chi connectivity index (χ1n) is 7.94. The van der Waals surface area contributed by atoms with E-state index in [0.29, 0.717) is 11.3 Å². The van der Waals surface area contributed by atoms with Crippen molar-refractivity contribution in [2.24, 2.45) is 0 Å². The Morgan fingerprint density at radius 3 is 2.41 bits per heavy atom. The summed E-state index contributed by atoms with van der Waals surface area (Å²) in [5.74, 6) is -2.14. The van der Waals surface area contributed by atoms with Gasteiger partial charge in [0.15, 0.2) is 11.9 Å². The quantitative estimate of drug-likeness (QED) is 0.588. The van der Waals surface area contributed by atoms with Crippen LogP contribution in [0.25, 0.3) is 0 Å². The highest BCUT2D eigenvalue weighted by Crippen LogP contribution is 2.22. The maximum atomic E-state index is 12.4. The highest BCUT2D eigenvalue weighted by Gasteiger charge is 2.22. The number of esters is 1. The zero-order valence-electron chi connectivity index (χ0n) is 14.6. The van der Waals surface area contributed by atoms with E-state index < -0.39 is 24.6 Å². The molecular formula is C19H17F2NO5. The Kier molecular flexibility index (Phi) is 6.59. The number of para-hydroxylation sites is 1. The summed E-state index contributed by atoms with van der Waals surface area (Å²) in [6.45, 7) is -0.378. The molecule has 0 saturated carbocycles. The molecule has 27 heavy (non-hydrogen) atoms. The fourth-order valence-electron chi connectivity index (χ4n) is 2.17. The standard InChI is InChI=1S/C19H17F2NO5/c1-11(23)13-6-5-7-14(10-13)22-17(24)12(2)26-18(25)15-8-3-4-9-16(15)27-19(20)21/h3-10,12,19H,1-2H3,(H,22,24)/t12-/m1/s1. The number of hydrogen-bond donors (Lipinski definition) is 1. The molecule has 0 aliphatic heterocycles. The van der Waals surface area contributed by atoms with E-state index in [-0.39, 0.29) is 17.1 Å². The van der Waals surface area contributed by atoms with Crippen molar-refractivity contribution in [2.75, 3.05) is 5.32 Å². The molecule has 1 atom stereocenters. The lowest BCUT2D eigenvalue weighted by atomic mass is 10.1. The van der Waals surface area contributed by atoms with Crippen LogP contribution in [0.5, 0.6) is 5.75 Å². The molecule has 6 nitrogen and oxygen atoms in total. The Morgan fingerprint density at radius 2 is 1.74 bits per heavy atom. The second kappa shape index (κ2) is 8.88. The van der Waals surface area contributed by atoms with Gasteiger partial charge in [-0.15, -0.1) is 0 Å². The van der Waals surface area contributed by atoms with E-state index in [1.54, 1.807) is 18.2 Å². The molecule has 0 aromatic heterocycles. The summed E-state index contributed by atoms with van der Waals surface area (Å²) in [4.78, 5) is 35.8. The van der Waals surface area contributed by atoms with Crippen molar-refractivity contribution in [3.05, 3.63) is 59.7 Å². The zero-order valence-corrected chi connectivity index (χ0v) is 14.6. The molecule has 0 spiro atoms. The molecular weight excluding hydrogens is 360 g/mol. The van der Waals surface area contributed by atoms with Crippen LogP contribution in [0.2, 0.25) is 0 Å². The first-order chi connectivity index (χ1) is 12.8. The number of Topliss-reactive ketones (excluding diaryl/α,β-unsaturated/α-hetero) is 1. The number of carbonyl (C=O) groups is 3. The molecule has 0 heterocycles. The van der Waals surface area contributed by atoms with Crippen molar-refractivity contribution in [2.45, 2.75) is 26.6 Å². The minimum absolute atomic E-state index is 0.166. The minimum atomic E-state index is -3.10. The first-order valence-corrected chi connectivity index (χ1v) is 7.94. The highest BCUT2D eigenvalue weighted by molar-refractivity contribution is 6.00. The molecule has 2 aromatic carbocycles. The number of benzene rings is 2. The molecule has 0 unspecified atom stereocenters. The minimum Gasteiger partial charge on any atom is -0.449 e. The second-order valence-electron chi connectivity index (χ2n) is 5.55. The van der Waals surface area contributed by atoms with Gasteiger partial charge in [0.25, 0.3) is 5.91 Å². The van der Waals surface area contributed by atoms with Crippen molar-refractivity contribution >= 4 is 23.3 Å². The normalized spacial score (nSPS) is 11.6. The zero-order chi connectivity index (χ0) is 20.0. The van der Waals surface area contributed by atoms with Crippen LogP contribution < -0.4 is 10.1 Å². The molecule has 0 saturated heterocycles. The van der Waals surface area contributed by atoms with Crippen molar-refractivity contribution < 1.29 is 32.6 Å². The number of rotatable bonds is 7. The number of carbonyl (C=O) groups excluding carboxylic acids is 3. The molecule has 0 fully saturated rings. The average Bonchev–Trinajstić information content (AvgIpc) is 2.61. The van der Waals surface area contributed by atoms with Crippen LogP contribution in [0.4, 0.5) is 14.5 Å². The number of hydrogen-bond acceptors (Lipinski definition) is 5. The topological polar surface area (TPSA) is 81.7 Å². The van der Waals surface area contributed by atoms with Gasteiger partial charge in [-0.3, -0.25) is 9.59 Å². The van der Waals surface area contributed by atoms with E-state index in [4.69, 9.17) is 4.74 Å². The van der Waals surface area contributed by atoms with Crippen molar-refractivity contribution in [1.29, 1.82) is 0 Å². The van der Waals surface area contributed by atoms with Crippen LogP contribution in [-0.4, -0.2) is 30.4 Å². The predicted molar refractivity (Wildman–Crippen MR) is 93.0 cm³/mol. The maximum Gasteiger partial charge on any atom is 0.387 e. The van der Waals surface area contributed by atoms with Gasteiger partial charge < -0.3 is 14.8 Å². The Hall–Kier alpha value is -3.29. The second-order valence-corrected chi connectivity index (χ2v) is 5.55. The molecule has 0 bridgehead atoms. The van der Waals surface area contributed by atoms with Crippen LogP contribution in [0.3, 0.4) is 0 Å². The van der Waals surface area contributed by atoms with Gasteiger partial charge in [0.1, 0.15) is 11.3 Å². The molecule has 8 heteroatoms. The molecule has 0 aliphatic rings. The van der Waals surface area contributed by atoms with Gasteiger partial charge >= 0.3 is 12.6 Å². The van der Waals surface area contributed by atoms with Gasteiger partial charge in [-0.2, -0.15) is 8.78 Å². The van der Waals surface area contributed by atoms with Crippen molar-refractivity contribution in [3.63, 3.8) is 0 Å². The van der Waals surface area contributed by atoms with E-state index in [1.807, 2.05) is 0 Å². The average molecular weight is 377 g/mol. The molecule has 2 rings (SSSR count). The number of nitrogens with one attached hydrogen (secondary N) is 1. The smallest absolute Gasteiger partial charge is 0.387 e. The van der Waals surface area contributed by atoms with E-state index >= 15 is 0 Å². The predicted octanol–water partition coefficient (Wildman–Crippen LogP) is 3.67. The number of alkyl halides is 2. The van der Waals surface area contributed by atoms with E-state index in [2.05, 4.69) is 10.1 Å². The number of anilines is 1. The van der Waals surface area contributed by atoms with Crippen molar-refractivity contribution in [1.82, 2.24) is 0 Å². The van der Waals surface area contributed by atoms with E-state index in [1.165, 1.54) is 44.2 Å². The highest BCUT2D eigenvalue weighted by atomic mass is 19.3. The van der Waals surface area contributed by atoms with Gasteiger partial charge in [0.2, 0.25) is 0 Å². The van der Waals surface area contributed by atoms with Gasteiger partial charge in [0.05, 0.1) is 0 Å². The lowest BCUT2D eigenvalue weighted by Gasteiger charge is -2.15. The monoisotopic (exact) mass is 377 g/mol. The van der Waals surface area contributed by atoms with E-state index in [9.17, 15) is 23.2 Å². The fraction of sp³-hybridized carbons (Fsp3) is 0.211. The Bertz CT molecular complexity index is 853. The fourth-order valence-corrected chi connectivity index (χ4v) is 2.17. The van der Waals surface area contributed by atoms with Gasteiger partial charge in [0, 0.05) is 11.3 Å². The summed E-state index contributed by atoms with van der Waals surface area (Å²) < 4.78 is 34.1. The summed E-state index contributed by atoms with van der Waals surface area (Å²) in [7, 11) is 0. The third-order valence-electron chi connectivity index (χ3n) is 3.51. The third-order valence-corrected chi connectivity index (χ3v) is 3.51. The SMILES string of the molecule is CC(=O)c1cccc(NC(=O)[C@@H](C)OC(=O)c2ccccc2OC(F)F)c1. The van der Waals surface area contributed by atoms with Crippen LogP contribution >= 0.6 is 0 Å². The molecule has 2 aromatic rings. The van der Waals surface area contributed by atoms with Gasteiger partial charge in [-0.1, -0.05) is 24.3 Å². The molecule has 1 amide bonds. The van der Waals surface area contributed by atoms with Gasteiger partial charge in [-0.05, 0) is 38.1 Å². The number of ketones is 1. The van der Waals surface area contributed by atoms with Gasteiger partial charge in [-0.25, -0.2) is 4.79 Å². The summed E-state index contributed by atoms with van der Waals surface area (Å²) in [5, 5.41) is 2.52. The maximum absolute atomic E-state index is 12.4. The molecule has 0 radical (unpaired) electrons. The third kappa shape index (κ3) is 5.60. The van der Waals surface area contributed by atoms with Crippen molar-refractivity contribution in [3.8, 4) is 5.75 Å². The lowest BCUT2D eigenvalue weighted by molar-refractivity contribution is -0.123.